The molecule has 2 N–H and O–H groups in total. The fourth-order valence-corrected chi connectivity index (χ4v) is 3.89. The number of amides is 1. The maximum atomic E-state index is 12.6. The number of hydrogen-bond donors (Lipinski definition) is 2. The van der Waals surface area contributed by atoms with Crippen molar-refractivity contribution in [1.29, 1.82) is 0 Å². The minimum absolute atomic E-state index is 0.0171. The van der Waals surface area contributed by atoms with E-state index in [9.17, 15) is 13.2 Å². The molecule has 0 spiro atoms. The first kappa shape index (κ1) is 19.6. The lowest BCUT2D eigenvalue weighted by molar-refractivity contribution is 0.0662. The number of benzene rings is 2. The van der Waals surface area contributed by atoms with Crippen molar-refractivity contribution in [1.82, 2.24) is 15.3 Å². The summed E-state index contributed by atoms with van der Waals surface area (Å²) >= 11 is 5.82. The number of halogens is 1. The fraction of sp³-hybridized carbons (Fsp3) is 0.278. The van der Waals surface area contributed by atoms with Crippen LogP contribution in [0.1, 0.15) is 10.4 Å². The van der Waals surface area contributed by atoms with E-state index < -0.39 is 10.0 Å². The molecule has 1 fully saturated rings. The van der Waals surface area contributed by atoms with Crippen molar-refractivity contribution in [3.63, 3.8) is 0 Å². The first-order valence-corrected chi connectivity index (χ1v) is 10.3. The van der Waals surface area contributed by atoms with Crippen molar-refractivity contribution < 1.29 is 13.2 Å². The Hall–Kier alpha value is -2.13. The number of rotatable bonds is 5. The molecule has 144 valence electrons. The van der Waals surface area contributed by atoms with Crippen LogP contribution < -0.4 is 10.1 Å². The second-order valence-corrected chi connectivity index (χ2v) is 8.49. The normalized spacial score (nSPS) is 16.1. The third kappa shape index (κ3) is 5.20. The van der Waals surface area contributed by atoms with E-state index in [0.717, 1.165) is 26.2 Å². The second-order valence-electron chi connectivity index (χ2n) is 6.37. The topological polar surface area (TPSA) is 81.8 Å². The van der Waals surface area contributed by atoms with E-state index in [1.165, 1.54) is 12.1 Å². The minimum atomic E-state index is -3.82. The molecule has 2 aromatic carbocycles. The molecule has 1 saturated heterocycles. The molecule has 0 aliphatic carbocycles. The minimum Gasteiger partial charge on any atom is -0.304 e. The summed E-state index contributed by atoms with van der Waals surface area (Å²) in [5, 5.41) is 2.36. The molecule has 1 amide bonds. The van der Waals surface area contributed by atoms with E-state index in [-0.39, 0.29) is 16.4 Å². The number of nitrogens with one attached hydrogen (secondary N) is 2. The number of anilines is 1. The van der Waals surface area contributed by atoms with Gasteiger partial charge in [-0.05, 0) is 49.5 Å². The van der Waals surface area contributed by atoms with Crippen molar-refractivity contribution in [3.8, 4) is 0 Å². The van der Waals surface area contributed by atoms with Gasteiger partial charge in [0.2, 0.25) is 0 Å². The summed E-state index contributed by atoms with van der Waals surface area (Å²) < 4.78 is 27.7. The summed E-state index contributed by atoms with van der Waals surface area (Å²) in [7, 11) is -1.79. The SMILES string of the molecule is CN1CCN(NC(=O)c2cccc(S(=O)(=O)Nc3ccc(Cl)cc3)c2)CC1. The second kappa shape index (κ2) is 8.26. The number of piperazine rings is 1. The zero-order chi connectivity index (χ0) is 19.4. The molecule has 0 atom stereocenters. The van der Waals surface area contributed by atoms with Crippen molar-refractivity contribution in [2.75, 3.05) is 37.9 Å². The molecule has 27 heavy (non-hydrogen) atoms. The van der Waals surface area contributed by atoms with Crippen LogP contribution in [0.2, 0.25) is 5.02 Å². The van der Waals surface area contributed by atoms with Gasteiger partial charge in [-0.1, -0.05) is 17.7 Å². The standard InChI is InChI=1S/C18H21ClN4O3S/c1-22-9-11-23(12-10-22)20-18(24)14-3-2-4-17(13-14)27(25,26)21-16-7-5-15(19)6-8-16/h2-8,13,21H,9-12H2,1H3,(H,20,24). The number of hydrogen-bond acceptors (Lipinski definition) is 5. The highest BCUT2D eigenvalue weighted by molar-refractivity contribution is 7.92. The predicted molar refractivity (Wildman–Crippen MR) is 105 cm³/mol. The van der Waals surface area contributed by atoms with Crippen LogP contribution in [0.3, 0.4) is 0 Å². The summed E-state index contributed by atoms with van der Waals surface area (Å²) in [6, 6.07) is 12.3. The van der Waals surface area contributed by atoms with Crippen LogP contribution in [-0.4, -0.2) is 57.5 Å². The van der Waals surface area contributed by atoms with Crippen LogP contribution in [-0.2, 0) is 10.0 Å². The molecule has 0 bridgehead atoms. The van der Waals surface area contributed by atoms with Gasteiger partial charge in [0.05, 0.1) is 4.90 Å². The number of sulfonamides is 1. The van der Waals surface area contributed by atoms with Crippen LogP contribution in [0.5, 0.6) is 0 Å². The van der Waals surface area contributed by atoms with Gasteiger partial charge < -0.3 is 4.90 Å². The molecular weight excluding hydrogens is 388 g/mol. The van der Waals surface area contributed by atoms with Crippen LogP contribution in [0.25, 0.3) is 0 Å². The van der Waals surface area contributed by atoms with Gasteiger partial charge in [-0.25, -0.2) is 13.4 Å². The molecule has 2 aromatic rings. The first-order chi connectivity index (χ1) is 12.8. The smallest absolute Gasteiger partial charge is 0.265 e. The Balaban J connectivity index is 1.72. The summed E-state index contributed by atoms with van der Waals surface area (Å²) in [4.78, 5) is 14.7. The van der Waals surface area contributed by atoms with E-state index in [2.05, 4.69) is 15.0 Å². The number of carbonyl (C=O) groups excluding carboxylic acids is 1. The van der Waals surface area contributed by atoms with Crippen LogP contribution >= 0.6 is 11.6 Å². The lowest BCUT2D eigenvalue weighted by Crippen LogP contribution is -2.52. The number of nitrogens with zero attached hydrogens (tertiary/aromatic N) is 2. The predicted octanol–water partition coefficient (Wildman–Crippen LogP) is 2.03. The van der Waals surface area contributed by atoms with E-state index in [1.807, 2.05) is 12.1 Å². The van der Waals surface area contributed by atoms with Gasteiger partial charge in [-0.2, -0.15) is 0 Å². The summed E-state index contributed by atoms with van der Waals surface area (Å²) in [5.74, 6) is -0.330. The average molecular weight is 409 g/mol. The zero-order valence-corrected chi connectivity index (χ0v) is 16.4. The Morgan fingerprint density at radius 3 is 2.37 bits per heavy atom. The number of likely N-dealkylation sites (N-methyl/N-ethyl adjacent to an activating group) is 1. The fourth-order valence-electron chi connectivity index (χ4n) is 2.66. The van der Waals surface area contributed by atoms with Crippen molar-refractivity contribution in [3.05, 3.63) is 59.1 Å². The lowest BCUT2D eigenvalue weighted by atomic mass is 10.2. The summed E-state index contributed by atoms with van der Waals surface area (Å²) in [6.45, 7) is 3.16. The Labute approximate surface area is 163 Å². The Morgan fingerprint density at radius 2 is 1.70 bits per heavy atom. The van der Waals surface area contributed by atoms with Gasteiger partial charge >= 0.3 is 0 Å². The Morgan fingerprint density at radius 1 is 1.04 bits per heavy atom. The van der Waals surface area contributed by atoms with Gasteiger partial charge in [0.15, 0.2) is 0 Å². The maximum Gasteiger partial charge on any atom is 0.265 e. The van der Waals surface area contributed by atoms with Crippen molar-refractivity contribution in [2.24, 2.45) is 0 Å². The van der Waals surface area contributed by atoms with Gasteiger partial charge in [0.1, 0.15) is 0 Å². The van der Waals surface area contributed by atoms with Gasteiger partial charge in [0, 0.05) is 42.5 Å². The third-order valence-electron chi connectivity index (χ3n) is 4.27. The van der Waals surface area contributed by atoms with E-state index >= 15 is 0 Å². The van der Waals surface area contributed by atoms with Crippen molar-refractivity contribution >= 4 is 33.2 Å². The van der Waals surface area contributed by atoms with E-state index in [4.69, 9.17) is 11.6 Å². The average Bonchev–Trinajstić information content (AvgIpc) is 2.65. The summed E-state index contributed by atoms with van der Waals surface area (Å²) in [5.41, 5.74) is 3.51. The zero-order valence-electron chi connectivity index (χ0n) is 14.9. The highest BCUT2D eigenvalue weighted by Crippen LogP contribution is 2.19. The molecule has 0 saturated carbocycles. The maximum absolute atomic E-state index is 12.6. The molecule has 0 radical (unpaired) electrons. The van der Waals surface area contributed by atoms with E-state index in [0.29, 0.717) is 10.7 Å². The lowest BCUT2D eigenvalue weighted by Gasteiger charge is -2.32. The quantitative estimate of drug-likeness (QED) is 0.791. The molecule has 9 heteroatoms. The molecule has 0 aromatic heterocycles. The largest absolute Gasteiger partial charge is 0.304 e. The van der Waals surface area contributed by atoms with Crippen LogP contribution in [0.4, 0.5) is 5.69 Å². The van der Waals surface area contributed by atoms with E-state index in [1.54, 1.807) is 36.4 Å². The number of carbonyl (C=O) groups is 1. The Kier molecular flexibility index (Phi) is 6.01. The highest BCUT2D eigenvalue weighted by atomic mass is 35.5. The van der Waals surface area contributed by atoms with Crippen molar-refractivity contribution in [2.45, 2.75) is 4.90 Å². The van der Waals surface area contributed by atoms with Crippen LogP contribution in [0.15, 0.2) is 53.4 Å². The third-order valence-corrected chi connectivity index (χ3v) is 5.90. The molecular formula is C18H21ClN4O3S. The number of hydrazine groups is 1. The molecule has 7 nitrogen and oxygen atoms in total. The molecule has 1 heterocycles. The molecule has 1 aliphatic rings. The first-order valence-electron chi connectivity index (χ1n) is 8.46. The summed E-state index contributed by atoms with van der Waals surface area (Å²) in [6.07, 6.45) is 0. The molecule has 3 rings (SSSR count). The van der Waals surface area contributed by atoms with Gasteiger partial charge in [-0.15, -0.1) is 0 Å². The molecule has 1 aliphatic heterocycles. The van der Waals surface area contributed by atoms with Gasteiger partial charge in [0.25, 0.3) is 15.9 Å². The van der Waals surface area contributed by atoms with Crippen LogP contribution in [0, 0.1) is 0 Å². The Bertz CT molecular complexity index is 910. The molecule has 0 unspecified atom stereocenters. The monoisotopic (exact) mass is 408 g/mol. The highest BCUT2D eigenvalue weighted by Gasteiger charge is 2.19. The van der Waals surface area contributed by atoms with Gasteiger partial charge in [-0.3, -0.25) is 14.9 Å².